The highest BCUT2D eigenvalue weighted by molar-refractivity contribution is 5.94. The molecule has 0 aliphatic carbocycles. The summed E-state index contributed by atoms with van der Waals surface area (Å²) in [5.41, 5.74) is 2.31. The lowest BCUT2D eigenvalue weighted by Crippen LogP contribution is -2.35. The minimum Gasteiger partial charge on any atom is -0.473 e. The van der Waals surface area contributed by atoms with E-state index in [1.165, 1.54) is 6.07 Å². The predicted octanol–water partition coefficient (Wildman–Crippen LogP) is 5.54. The Bertz CT molecular complexity index is 1730. The SMILES string of the molecule is CC(C)(C)OC(=O)c1ccc2nc(CN3CCC(c4nccc(OCc5ccc(C#N)cc5F)n4)CC3)n(C[C@@H]3CCO3)c2c1. The van der Waals surface area contributed by atoms with Crippen molar-refractivity contribution in [2.24, 2.45) is 0 Å². The van der Waals surface area contributed by atoms with Crippen LogP contribution in [-0.4, -0.2) is 61.8 Å². The second-order valence-electron chi connectivity index (χ2n) is 12.6. The van der Waals surface area contributed by atoms with Gasteiger partial charge in [-0.15, -0.1) is 0 Å². The Balaban J connectivity index is 1.11. The maximum atomic E-state index is 14.3. The van der Waals surface area contributed by atoms with E-state index in [4.69, 9.17) is 24.5 Å². The highest BCUT2D eigenvalue weighted by Crippen LogP contribution is 2.29. The number of hydrogen-bond acceptors (Lipinski definition) is 9. The maximum absolute atomic E-state index is 14.3. The Kier molecular flexibility index (Phi) is 8.79. The van der Waals surface area contributed by atoms with E-state index in [1.54, 1.807) is 30.5 Å². The second kappa shape index (κ2) is 12.9. The molecule has 2 aromatic carbocycles. The van der Waals surface area contributed by atoms with Crippen LogP contribution in [0.5, 0.6) is 5.88 Å². The van der Waals surface area contributed by atoms with E-state index in [9.17, 15) is 9.18 Å². The number of benzene rings is 2. The number of aromatic nitrogens is 4. The van der Waals surface area contributed by atoms with E-state index in [2.05, 4.69) is 19.4 Å². The standard InChI is InChI=1S/C34H37FN6O4/c1-34(2,3)45-33(42)24-6-7-28-29(17-24)41(19-26-11-15-43-26)30(38-28)20-40-13-9-23(10-14-40)32-37-12-8-31(39-32)44-21-25-5-4-22(18-36)16-27(25)35/h4-8,12,16-17,23,26H,9-11,13-15,19-21H2,1-3H3/t26-/m0/s1. The summed E-state index contributed by atoms with van der Waals surface area (Å²) in [5.74, 6) is 1.41. The zero-order valence-corrected chi connectivity index (χ0v) is 25.8. The minimum absolute atomic E-state index is 0.0125. The Morgan fingerprint density at radius 3 is 2.60 bits per heavy atom. The number of carbonyl (C=O) groups excluding carboxylic acids is 1. The van der Waals surface area contributed by atoms with E-state index >= 15 is 0 Å². The molecule has 2 fully saturated rings. The molecule has 11 heteroatoms. The van der Waals surface area contributed by atoms with Gasteiger partial charge in [-0.1, -0.05) is 6.07 Å². The number of imidazole rings is 1. The van der Waals surface area contributed by atoms with Gasteiger partial charge in [0.25, 0.3) is 0 Å². The van der Waals surface area contributed by atoms with Crippen LogP contribution < -0.4 is 4.74 Å². The molecule has 234 valence electrons. The molecule has 0 amide bonds. The van der Waals surface area contributed by atoms with Gasteiger partial charge in [-0.25, -0.2) is 19.2 Å². The summed E-state index contributed by atoms with van der Waals surface area (Å²) >= 11 is 0. The van der Waals surface area contributed by atoms with Crippen LogP contribution in [0.15, 0.2) is 48.7 Å². The Labute approximate surface area is 261 Å². The molecule has 2 aliphatic heterocycles. The van der Waals surface area contributed by atoms with E-state index in [-0.39, 0.29) is 30.2 Å². The number of halogens is 1. The van der Waals surface area contributed by atoms with Gasteiger partial charge < -0.3 is 18.8 Å². The first-order valence-corrected chi connectivity index (χ1v) is 15.4. The fraction of sp³-hybridized carbons (Fsp3) is 0.441. The molecule has 0 spiro atoms. The maximum Gasteiger partial charge on any atom is 0.338 e. The molecule has 1 atom stereocenters. The van der Waals surface area contributed by atoms with Gasteiger partial charge in [-0.05, 0) is 83.5 Å². The van der Waals surface area contributed by atoms with Gasteiger partial charge in [0.1, 0.15) is 29.7 Å². The number of hydrogen-bond donors (Lipinski definition) is 0. The third kappa shape index (κ3) is 7.30. The quantitative estimate of drug-likeness (QED) is 0.225. The first-order valence-electron chi connectivity index (χ1n) is 15.4. The highest BCUT2D eigenvalue weighted by atomic mass is 19.1. The Morgan fingerprint density at radius 1 is 1.11 bits per heavy atom. The molecule has 0 N–H and O–H groups in total. The average Bonchev–Trinajstić information content (AvgIpc) is 3.33. The number of nitriles is 1. The third-order valence-electron chi connectivity index (χ3n) is 8.17. The molecule has 10 nitrogen and oxygen atoms in total. The molecular formula is C34H37FN6O4. The Morgan fingerprint density at radius 2 is 1.91 bits per heavy atom. The van der Waals surface area contributed by atoms with Crippen molar-refractivity contribution in [2.75, 3.05) is 19.7 Å². The summed E-state index contributed by atoms with van der Waals surface area (Å²) in [6, 6.07) is 13.5. The van der Waals surface area contributed by atoms with Crippen molar-refractivity contribution in [1.29, 1.82) is 5.26 Å². The van der Waals surface area contributed by atoms with Crippen LogP contribution in [0, 0.1) is 17.1 Å². The number of nitrogens with zero attached hydrogens (tertiary/aromatic N) is 6. The molecule has 0 radical (unpaired) electrons. The van der Waals surface area contributed by atoms with Crippen molar-refractivity contribution in [2.45, 2.75) is 77.4 Å². The molecule has 4 heterocycles. The highest BCUT2D eigenvalue weighted by Gasteiger charge is 2.27. The zero-order chi connectivity index (χ0) is 31.6. The Hall–Kier alpha value is -4.40. The molecule has 0 bridgehead atoms. The summed E-state index contributed by atoms with van der Waals surface area (Å²) in [4.78, 5) is 29.3. The van der Waals surface area contributed by atoms with Gasteiger partial charge in [0.2, 0.25) is 5.88 Å². The molecule has 2 saturated heterocycles. The van der Waals surface area contributed by atoms with Crippen LogP contribution in [0.2, 0.25) is 0 Å². The number of likely N-dealkylation sites (tertiary alicyclic amines) is 1. The predicted molar refractivity (Wildman–Crippen MR) is 164 cm³/mol. The molecule has 0 saturated carbocycles. The molecule has 2 aliphatic rings. The van der Waals surface area contributed by atoms with E-state index < -0.39 is 11.4 Å². The summed E-state index contributed by atoms with van der Waals surface area (Å²) in [6.07, 6.45) is 4.57. The molecule has 4 aromatic rings. The van der Waals surface area contributed by atoms with Gasteiger partial charge in [-0.2, -0.15) is 10.2 Å². The van der Waals surface area contributed by atoms with Crippen molar-refractivity contribution in [3.8, 4) is 11.9 Å². The van der Waals surface area contributed by atoms with Crippen LogP contribution in [-0.2, 0) is 29.2 Å². The number of piperidine rings is 1. The van der Waals surface area contributed by atoms with Gasteiger partial charge in [0, 0.05) is 30.4 Å². The molecule has 45 heavy (non-hydrogen) atoms. The van der Waals surface area contributed by atoms with Crippen molar-refractivity contribution in [3.63, 3.8) is 0 Å². The lowest BCUT2D eigenvalue weighted by atomic mass is 9.96. The minimum atomic E-state index is -0.575. The first kappa shape index (κ1) is 30.6. The zero-order valence-electron chi connectivity index (χ0n) is 25.8. The number of ether oxygens (including phenoxy) is 3. The summed E-state index contributed by atoms with van der Waals surface area (Å²) < 4.78 is 33.6. The smallest absolute Gasteiger partial charge is 0.338 e. The molecule has 6 rings (SSSR count). The number of fused-ring (bicyclic) bond motifs is 1. The number of rotatable bonds is 9. The monoisotopic (exact) mass is 612 g/mol. The van der Waals surface area contributed by atoms with Gasteiger partial charge in [0.05, 0.1) is 47.4 Å². The van der Waals surface area contributed by atoms with E-state index in [1.807, 2.05) is 39.0 Å². The largest absolute Gasteiger partial charge is 0.473 e. The van der Waals surface area contributed by atoms with Gasteiger partial charge in [0.15, 0.2) is 0 Å². The second-order valence-corrected chi connectivity index (χ2v) is 12.6. The van der Waals surface area contributed by atoms with Crippen LogP contribution in [0.3, 0.4) is 0 Å². The lowest BCUT2D eigenvalue weighted by Gasteiger charge is -2.32. The fourth-order valence-electron chi connectivity index (χ4n) is 5.66. The summed E-state index contributed by atoms with van der Waals surface area (Å²) in [6.45, 7) is 9.43. The average molecular weight is 613 g/mol. The van der Waals surface area contributed by atoms with Crippen molar-refractivity contribution in [3.05, 3.63) is 82.8 Å². The lowest BCUT2D eigenvalue weighted by molar-refractivity contribution is -0.0592. The van der Waals surface area contributed by atoms with Crippen LogP contribution in [0.4, 0.5) is 4.39 Å². The van der Waals surface area contributed by atoms with E-state index in [0.717, 1.165) is 61.6 Å². The van der Waals surface area contributed by atoms with Crippen LogP contribution in [0.25, 0.3) is 11.0 Å². The third-order valence-corrected chi connectivity index (χ3v) is 8.17. The number of carbonyl (C=O) groups is 1. The van der Waals surface area contributed by atoms with Crippen molar-refractivity contribution < 1.29 is 23.4 Å². The fourth-order valence-corrected chi connectivity index (χ4v) is 5.66. The topological polar surface area (TPSA) is 115 Å². The molecule has 0 unspecified atom stereocenters. The molecule has 2 aromatic heterocycles. The van der Waals surface area contributed by atoms with E-state index in [0.29, 0.717) is 30.1 Å². The normalized spacial score (nSPS) is 17.5. The first-order chi connectivity index (χ1) is 21.6. The van der Waals surface area contributed by atoms with Crippen LogP contribution >= 0.6 is 0 Å². The molecular weight excluding hydrogens is 575 g/mol. The summed E-state index contributed by atoms with van der Waals surface area (Å²) in [7, 11) is 0. The van der Waals surface area contributed by atoms with Gasteiger partial charge in [-0.3, -0.25) is 4.90 Å². The van der Waals surface area contributed by atoms with Gasteiger partial charge >= 0.3 is 5.97 Å². The van der Waals surface area contributed by atoms with Crippen LogP contribution in [0.1, 0.15) is 79.1 Å². The van der Waals surface area contributed by atoms with Crippen molar-refractivity contribution >= 4 is 17.0 Å². The summed E-state index contributed by atoms with van der Waals surface area (Å²) in [5, 5.41) is 8.95. The number of esters is 1. The van der Waals surface area contributed by atoms with Crippen molar-refractivity contribution in [1.82, 2.24) is 24.4 Å².